The smallest absolute Gasteiger partial charge is 0.234 e. The molecule has 0 aliphatic carbocycles. The van der Waals surface area contributed by atoms with Crippen LogP contribution in [0.1, 0.15) is 12.5 Å². The number of nitrogens with one attached hydrogen (secondary N) is 1. The number of aromatic nitrogens is 3. The fourth-order valence-corrected chi connectivity index (χ4v) is 3.12. The van der Waals surface area contributed by atoms with Crippen LogP contribution in [-0.4, -0.2) is 26.4 Å². The molecule has 7 heteroatoms. The van der Waals surface area contributed by atoms with E-state index in [1.807, 2.05) is 22.8 Å². The van der Waals surface area contributed by atoms with Crippen molar-refractivity contribution in [2.45, 2.75) is 18.5 Å². The molecule has 0 saturated carbocycles. The van der Waals surface area contributed by atoms with E-state index in [4.69, 9.17) is 0 Å². The number of para-hydroxylation sites is 1. The summed E-state index contributed by atoms with van der Waals surface area (Å²) >= 11 is 1.30. The molecule has 0 atom stereocenters. The van der Waals surface area contributed by atoms with Crippen molar-refractivity contribution in [3.8, 4) is 5.69 Å². The molecule has 0 aliphatic rings. The summed E-state index contributed by atoms with van der Waals surface area (Å²) in [5.74, 6) is -0.338. The quantitative estimate of drug-likeness (QED) is 0.684. The lowest BCUT2D eigenvalue weighted by Gasteiger charge is -2.10. The Bertz CT molecular complexity index is 864. The monoisotopic (exact) mass is 356 g/mol. The number of anilines is 1. The SMILES string of the molecule is CCc1ccccc1-n1cnnc1SCC(=O)Nc1ccc(F)cc1. The van der Waals surface area contributed by atoms with E-state index in [0.717, 1.165) is 12.1 Å². The zero-order valence-corrected chi connectivity index (χ0v) is 14.5. The molecule has 1 amide bonds. The first-order valence-corrected chi connectivity index (χ1v) is 8.82. The molecule has 1 aromatic heterocycles. The van der Waals surface area contributed by atoms with E-state index in [2.05, 4.69) is 28.5 Å². The Morgan fingerprint density at radius 3 is 2.72 bits per heavy atom. The van der Waals surface area contributed by atoms with Crippen LogP contribution in [-0.2, 0) is 11.2 Å². The van der Waals surface area contributed by atoms with Crippen molar-refractivity contribution < 1.29 is 9.18 Å². The van der Waals surface area contributed by atoms with E-state index in [1.54, 1.807) is 6.33 Å². The number of hydrogen-bond donors (Lipinski definition) is 1. The van der Waals surface area contributed by atoms with Gasteiger partial charge in [0.05, 0.1) is 11.4 Å². The highest BCUT2D eigenvalue weighted by Crippen LogP contribution is 2.22. The van der Waals surface area contributed by atoms with Gasteiger partial charge in [-0.3, -0.25) is 9.36 Å². The van der Waals surface area contributed by atoms with E-state index in [1.165, 1.54) is 41.6 Å². The first-order valence-electron chi connectivity index (χ1n) is 7.84. The summed E-state index contributed by atoms with van der Waals surface area (Å²) in [7, 11) is 0. The minimum Gasteiger partial charge on any atom is -0.325 e. The predicted octanol–water partition coefficient (Wildman–Crippen LogP) is 3.70. The van der Waals surface area contributed by atoms with Crippen LogP contribution >= 0.6 is 11.8 Å². The van der Waals surface area contributed by atoms with Crippen molar-refractivity contribution in [3.05, 3.63) is 66.2 Å². The lowest BCUT2D eigenvalue weighted by atomic mass is 10.1. The van der Waals surface area contributed by atoms with Crippen molar-refractivity contribution in [1.29, 1.82) is 0 Å². The highest BCUT2D eigenvalue weighted by Gasteiger charge is 2.12. The van der Waals surface area contributed by atoms with Gasteiger partial charge >= 0.3 is 0 Å². The summed E-state index contributed by atoms with van der Waals surface area (Å²) in [6, 6.07) is 13.7. The molecule has 0 saturated heterocycles. The van der Waals surface area contributed by atoms with Gasteiger partial charge in [0.2, 0.25) is 5.91 Å². The van der Waals surface area contributed by atoms with Gasteiger partial charge in [0.1, 0.15) is 12.1 Å². The second kappa shape index (κ2) is 7.94. The maximum atomic E-state index is 12.9. The second-order valence-electron chi connectivity index (χ2n) is 5.31. The number of rotatable bonds is 6. The number of carbonyl (C=O) groups excluding carboxylic acids is 1. The number of nitrogens with zero attached hydrogens (tertiary/aromatic N) is 3. The average Bonchev–Trinajstić information content (AvgIpc) is 3.10. The van der Waals surface area contributed by atoms with E-state index in [9.17, 15) is 9.18 Å². The summed E-state index contributed by atoms with van der Waals surface area (Å²) < 4.78 is 14.8. The number of amides is 1. The minimum atomic E-state index is -0.338. The van der Waals surface area contributed by atoms with Crippen molar-refractivity contribution >= 4 is 23.4 Å². The standard InChI is InChI=1S/C18H17FN4OS/c1-2-13-5-3-4-6-16(13)23-12-20-22-18(23)25-11-17(24)21-15-9-7-14(19)8-10-15/h3-10,12H,2,11H2,1H3,(H,21,24). The summed E-state index contributed by atoms with van der Waals surface area (Å²) in [5, 5.41) is 11.4. The van der Waals surface area contributed by atoms with Crippen molar-refractivity contribution in [2.75, 3.05) is 11.1 Å². The Hall–Kier alpha value is -2.67. The molecule has 0 unspecified atom stereocenters. The molecule has 1 N–H and O–H groups in total. The van der Waals surface area contributed by atoms with Crippen LogP contribution in [0, 0.1) is 5.82 Å². The first kappa shape index (κ1) is 17.2. The Morgan fingerprint density at radius 2 is 1.96 bits per heavy atom. The highest BCUT2D eigenvalue weighted by atomic mass is 32.2. The summed E-state index contributed by atoms with van der Waals surface area (Å²) in [4.78, 5) is 12.1. The maximum absolute atomic E-state index is 12.9. The summed E-state index contributed by atoms with van der Waals surface area (Å²) in [5.41, 5.74) is 2.75. The number of aryl methyl sites for hydroxylation is 1. The predicted molar refractivity (Wildman–Crippen MR) is 96.5 cm³/mol. The Labute approximate surface area is 149 Å². The van der Waals surface area contributed by atoms with Gasteiger partial charge in [0.15, 0.2) is 5.16 Å². The summed E-state index contributed by atoms with van der Waals surface area (Å²) in [6.07, 6.45) is 2.54. The van der Waals surface area contributed by atoms with Crippen molar-refractivity contribution in [3.63, 3.8) is 0 Å². The largest absolute Gasteiger partial charge is 0.325 e. The number of halogens is 1. The molecule has 5 nitrogen and oxygen atoms in total. The molecule has 2 aromatic carbocycles. The van der Waals surface area contributed by atoms with Crippen LogP contribution < -0.4 is 5.32 Å². The van der Waals surface area contributed by atoms with Crippen LogP contribution in [0.4, 0.5) is 10.1 Å². The molecule has 0 bridgehead atoms. The molecule has 0 radical (unpaired) electrons. The van der Waals surface area contributed by atoms with Crippen LogP contribution in [0.5, 0.6) is 0 Å². The zero-order chi connectivity index (χ0) is 17.6. The molecule has 0 aliphatic heterocycles. The second-order valence-corrected chi connectivity index (χ2v) is 6.25. The minimum absolute atomic E-state index is 0.185. The molecule has 0 spiro atoms. The number of hydrogen-bond acceptors (Lipinski definition) is 4. The molecular weight excluding hydrogens is 339 g/mol. The molecular formula is C18H17FN4OS. The first-order chi connectivity index (χ1) is 12.2. The van der Waals surface area contributed by atoms with Crippen molar-refractivity contribution in [2.24, 2.45) is 0 Å². The summed E-state index contributed by atoms with van der Waals surface area (Å²) in [6.45, 7) is 2.09. The van der Waals surface area contributed by atoms with Crippen LogP contribution in [0.15, 0.2) is 60.0 Å². The lowest BCUT2D eigenvalue weighted by molar-refractivity contribution is -0.113. The highest BCUT2D eigenvalue weighted by molar-refractivity contribution is 7.99. The van der Waals surface area contributed by atoms with E-state index >= 15 is 0 Å². The molecule has 1 heterocycles. The Morgan fingerprint density at radius 1 is 1.20 bits per heavy atom. The number of carbonyl (C=O) groups is 1. The topological polar surface area (TPSA) is 59.8 Å². The van der Waals surface area contributed by atoms with Gasteiger partial charge in [0.25, 0.3) is 0 Å². The van der Waals surface area contributed by atoms with Gasteiger partial charge in [-0.1, -0.05) is 36.9 Å². The van der Waals surface area contributed by atoms with E-state index in [-0.39, 0.29) is 17.5 Å². The fraction of sp³-hybridized carbons (Fsp3) is 0.167. The average molecular weight is 356 g/mol. The molecule has 0 fully saturated rings. The third-order valence-corrected chi connectivity index (χ3v) is 4.55. The van der Waals surface area contributed by atoms with Gasteiger partial charge in [-0.15, -0.1) is 10.2 Å². The normalized spacial score (nSPS) is 10.6. The molecule has 3 rings (SSSR count). The lowest BCUT2D eigenvalue weighted by Crippen LogP contribution is -2.14. The van der Waals surface area contributed by atoms with Crippen LogP contribution in [0.25, 0.3) is 5.69 Å². The van der Waals surface area contributed by atoms with E-state index in [0.29, 0.717) is 10.8 Å². The van der Waals surface area contributed by atoms with E-state index < -0.39 is 0 Å². The van der Waals surface area contributed by atoms with Gasteiger partial charge in [-0.25, -0.2) is 4.39 Å². The fourth-order valence-electron chi connectivity index (χ4n) is 2.39. The van der Waals surface area contributed by atoms with Crippen molar-refractivity contribution in [1.82, 2.24) is 14.8 Å². The Kier molecular flexibility index (Phi) is 5.45. The molecule has 128 valence electrons. The number of thioether (sulfide) groups is 1. The third kappa shape index (κ3) is 4.24. The van der Waals surface area contributed by atoms with Gasteiger partial charge < -0.3 is 5.32 Å². The Balaban J connectivity index is 1.67. The van der Waals surface area contributed by atoms with Gasteiger partial charge in [-0.2, -0.15) is 0 Å². The zero-order valence-electron chi connectivity index (χ0n) is 13.6. The maximum Gasteiger partial charge on any atom is 0.234 e. The molecule has 3 aromatic rings. The van der Waals surface area contributed by atoms with Gasteiger partial charge in [0, 0.05) is 5.69 Å². The van der Waals surface area contributed by atoms with Crippen LogP contribution in [0.3, 0.4) is 0 Å². The number of benzene rings is 2. The molecule has 25 heavy (non-hydrogen) atoms. The van der Waals surface area contributed by atoms with Crippen LogP contribution in [0.2, 0.25) is 0 Å². The third-order valence-electron chi connectivity index (χ3n) is 3.61. The van der Waals surface area contributed by atoms with Gasteiger partial charge in [-0.05, 0) is 42.3 Å².